The standard InChI is InChI=1S/C43H47N7O9/c1-4-44-42(57)39-38(40(59-47-39)29-20-28(24(2)3)33(51)21-34(29)52)26-10-8-25(9-11-26)22-48-16-18-49(19-17-48)37(55)15-14-35(53)45-31-7-5-6-27-30(31)23-50(43(27)58)32-12-13-36(54)46-41(32)56/h5-11,20-21,24,32,51-52H,4,12-19,22-23H2,1-3H3,(H,44,57)(H,45,53)(H,46,54,56). The van der Waals surface area contributed by atoms with Crippen LogP contribution in [0.2, 0.25) is 0 Å². The van der Waals surface area contributed by atoms with Crippen molar-refractivity contribution in [3.05, 3.63) is 82.5 Å². The van der Waals surface area contributed by atoms with Crippen molar-refractivity contribution in [2.75, 3.05) is 38.0 Å². The van der Waals surface area contributed by atoms with E-state index < -0.39 is 17.9 Å². The highest BCUT2D eigenvalue weighted by Gasteiger charge is 2.40. The van der Waals surface area contributed by atoms with Gasteiger partial charge in [-0.3, -0.25) is 39.0 Å². The van der Waals surface area contributed by atoms with Crippen molar-refractivity contribution < 1.29 is 43.5 Å². The number of amides is 6. The SMILES string of the molecule is CCNC(=O)c1noc(-c2cc(C(C)C)c(O)cc2O)c1-c1ccc(CN2CCN(C(=O)CCC(=O)Nc3cccc4c3CN(C3CCC(=O)NC3=O)C4=O)CC2)cc1. The fraction of sp³-hybridized carbons (Fsp3) is 0.372. The van der Waals surface area contributed by atoms with Gasteiger partial charge >= 0.3 is 0 Å². The van der Waals surface area contributed by atoms with Crippen LogP contribution in [0.25, 0.3) is 22.5 Å². The Bertz CT molecular complexity index is 2310. The topological polar surface area (TPSA) is 215 Å². The second-order valence-corrected chi connectivity index (χ2v) is 15.3. The van der Waals surface area contributed by atoms with Gasteiger partial charge in [0.2, 0.25) is 23.6 Å². The van der Waals surface area contributed by atoms with Crippen LogP contribution in [0.15, 0.2) is 59.1 Å². The molecule has 2 saturated heterocycles. The zero-order chi connectivity index (χ0) is 42.0. The molecule has 0 radical (unpaired) electrons. The third-order valence-electron chi connectivity index (χ3n) is 11.1. The minimum atomic E-state index is -0.767. The average molecular weight is 806 g/mol. The summed E-state index contributed by atoms with van der Waals surface area (Å²) in [6.45, 7) is 9.01. The van der Waals surface area contributed by atoms with Gasteiger partial charge in [-0.25, -0.2) is 0 Å². The number of anilines is 1. The highest BCUT2D eigenvalue weighted by atomic mass is 16.5. The number of carbonyl (C=O) groups is 6. The van der Waals surface area contributed by atoms with Gasteiger partial charge in [-0.1, -0.05) is 49.3 Å². The second kappa shape index (κ2) is 17.1. The predicted octanol–water partition coefficient (Wildman–Crippen LogP) is 4.12. The summed E-state index contributed by atoms with van der Waals surface area (Å²) in [6.07, 6.45) is 0.360. The van der Waals surface area contributed by atoms with Crippen LogP contribution in [0.5, 0.6) is 11.5 Å². The lowest BCUT2D eigenvalue weighted by Gasteiger charge is -2.34. The number of fused-ring (bicyclic) bond motifs is 1. The Balaban J connectivity index is 0.932. The molecule has 308 valence electrons. The molecule has 4 heterocycles. The number of carbonyl (C=O) groups excluding carboxylic acids is 6. The normalized spacial score (nSPS) is 16.9. The fourth-order valence-electron chi connectivity index (χ4n) is 7.86. The molecule has 59 heavy (non-hydrogen) atoms. The second-order valence-electron chi connectivity index (χ2n) is 15.3. The van der Waals surface area contributed by atoms with E-state index in [1.807, 2.05) is 38.1 Å². The molecular formula is C43H47N7O9. The van der Waals surface area contributed by atoms with E-state index in [0.717, 1.165) is 5.56 Å². The first-order chi connectivity index (χ1) is 28.3. The first kappa shape index (κ1) is 40.6. The Morgan fingerprint density at radius 2 is 1.69 bits per heavy atom. The molecule has 2 fully saturated rings. The highest BCUT2D eigenvalue weighted by Crippen LogP contribution is 2.43. The van der Waals surface area contributed by atoms with Gasteiger partial charge in [0, 0.05) is 88.0 Å². The molecule has 16 heteroatoms. The molecule has 3 aromatic carbocycles. The molecule has 4 aromatic rings. The number of benzene rings is 3. The van der Waals surface area contributed by atoms with Gasteiger partial charge in [0.1, 0.15) is 17.5 Å². The van der Waals surface area contributed by atoms with Crippen LogP contribution in [-0.2, 0) is 32.3 Å². The number of aromatic nitrogens is 1. The largest absolute Gasteiger partial charge is 0.508 e. The minimum Gasteiger partial charge on any atom is -0.508 e. The van der Waals surface area contributed by atoms with Crippen molar-refractivity contribution in [2.24, 2.45) is 0 Å². The summed E-state index contributed by atoms with van der Waals surface area (Å²) in [4.78, 5) is 81.8. The monoisotopic (exact) mass is 805 g/mol. The molecule has 3 aliphatic heterocycles. The Morgan fingerprint density at radius 3 is 2.39 bits per heavy atom. The number of nitrogens with one attached hydrogen (secondary N) is 3. The molecule has 3 aliphatic rings. The molecule has 1 atom stereocenters. The lowest BCUT2D eigenvalue weighted by atomic mass is 9.94. The van der Waals surface area contributed by atoms with E-state index in [9.17, 15) is 39.0 Å². The van der Waals surface area contributed by atoms with Crippen LogP contribution in [0.1, 0.15) is 89.9 Å². The van der Waals surface area contributed by atoms with E-state index in [4.69, 9.17) is 4.52 Å². The lowest BCUT2D eigenvalue weighted by Crippen LogP contribution is -2.52. The van der Waals surface area contributed by atoms with E-state index in [1.54, 1.807) is 36.1 Å². The van der Waals surface area contributed by atoms with Gasteiger partial charge in [0.05, 0.1) is 11.1 Å². The Kier molecular flexibility index (Phi) is 11.8. The maximum absolute atomic E-state index is 13.2. The fourth-order valence-corrected chi connectivity index (χ4v) is 7.86. The maximum atomic E-state index is 13.2. The van der Waals surface area contributed by atoms with Crippen LogP contribution in [0, 0.1) is 0 Å². The van der Waals surface area contributed by atoms with Gasteiger partial charge < -0.3 is 35.2 Å². The number of imide groups is 1. The number of piperidine rings is 1. The Morgan fingerprint density at radius 1 is 0.949 bits per heavy atom. The van der Waals surface area contributed by atoms with E-state index in [0.29, 0.717) is 78.3 Å². The molecule has 1 aromatic heterocycles. The van der Waals surface area contributed by atoms with Crippen molar-refractivity contribution in [3.8, 4) is 33.9 Å². The van der Waals surface area contributed by atoms with Crippen LogP contribution in [0.3, 0.4) is 0 Å². The van der Waals surface area contributed by atoms with Crippen molar-refractivity contribution in [3.63, 3.8) is 0 Å². The number of hydrogen-bond donors (Lipinski definition) is 5. The highest BCUT2D eigenvalue weighted by molar-refractivity contribution is 6.07. The summed E-state index contributed by atoms with van der Waals surface area (Å²) in [6, 6.07) is 14.8. The molecular weight excluding hydrogens is 759 g/mol. The van der Waals surface area contributed by atoms with Crippen molar-refractivity contribution in [1.29, 1.82) is 0 Å². The molecule has 16 nitrogen and oxygen atoms in total. The van der Waals surface area contributed by atoms with Crippen LogP contribution >= 0.6 is 0 Å². The molecule has 0 saturated carbocycles. The number of aromatic hydroxyl groups is 2. The predicted molar refractivity (Wildman–Crippen MR) is 215 cm³/mol. The van der Waals surface area contributed by atoms with Crippen molar-refractivity contribution >= 4 is 41.1 Å². The van der Waals surface area contributed by atoms with Crippen molar-refractivity contribution in [1.82, 2.24) is 30.5 Å². The summed E-state index contributed by atoms with van der Waals surface area (Å²) in [7, 11) is 0. The smallest absolute Gasteiger partial charge is 0.274 e. The summed E-state index contributed by atoms with van der Waals surface area (Å²) in [5.74, 6) is -2.22. The van der Waals surface area contributed by atoms with Gasteiger partial charge in [-0.15, -0.1) is 0 Å². The number of nitrogens with zero attached hydrogens (tertiary/aromatic N) is 4. The van der Waals surface area contributed by atoms with E-state index in [2.05, 4.69) is 26.0 Å². The first-order valence-corrected chi connectivity index (χ1v) is 19.8. The summed E-state index contributed by atoms with van der Waals surface area (Å²) < 4.78 is 5.70. The lowest BCUT2D eigenvalue weighted by molar-refractivity contribution is -0.137. The van der Waals surface area contributed by atoms with Gasteiger partial charge in [0.15, 0.2) is 11.5 Å². The summed E-state index contributed by atoms with van der Waals surface area (Å²) in [5, 5.41) is 33.2. The van der Waals surface area contributed by atoms with Crippen LogP contribution in [0.4, 0.5) is 5.69 Å². The number of phenolic OH excluding ortho intramolecular Hbond substituents is 2. The van der Waals surface area contributed by atoms with Crippen molar-refractivity contribution in [2.45, 2.75) is 71.5 Å². The average Bonchev–Trinajstić information content (AvgIpc) is 3.79. The zero-order valence-electron chi connectivity index (χ0n) is 33.2. The number of phenols is 2. The van der Waals surface area contributed by atoms with E-state index in [1.165, 1.54) is 11.0 Å². The third kappa shape index (κ3) is 8.53. The van der Waals surface area contributed by atoms with Crippen LogP contribution in [-0.4, -0.2) is 104 Å². The maximum Gasteiger partial charge on any atom is 0.274 e. The zero-order valence-corrected chi connectivity index (χ0v) is 33.2. The van der Waals surface area contributed by atoms with Gasteiger partial charge in [-0.2, -0.15) is 0 Å². The molecule has 7 rings (SSSR count). The molecule has 1 unspecified atom stereocenters. The van der Waals surface area contributed by atoms with Gasteiger partial charge in [-0.05, 0) is 54.2 Å². The van der Waals surface area contributed by atoms with Gasteiger partial charge in [0.25, 0.3) is 11.8 Å². The van der Waals surface area contributed by atoms with E-state index >= 15 is 0 Å². The number of rotatable bonds is 12. The Hall–Kier alpha value is -6.55. The first-order valence-electron chi connectivity index (χ1n) is 19.8. The molecule has 0 aliphatic carbocycles. The third-order valence-corrected chi connectivity index (χ3v) is 11.1. The Labute approximate surface area is 340 Å². The van der Waals surface area contributed by atoms with E-state index in [-0.39, 0.29) is 84.7 Å². The summed E-state index contributed by atoms with van der Waals surface area (Å²) >= 11 is 0. The molecule has 6 amide bonds. The summed E-state index contributed by atoms with van der Waals surface area (Å²) in [5.41, 5.74) is 4.49. The minimum absolute atomic E-state index is 0.0213. The van der Waals surface area contributed by atoms with Crippen LogP contribution < -0.4 is 16.0 Å². The number of piperazine rings is 1. The quantitative estimate of drug-likeness (QED) is 0.129. The molecule has 5 N–H and O–H groups in total. The number of hydrogen-bond acceptors (Lipinski definition) is 11. The molecule has 0 bridgehead atoms. The molecule has 0 spiro atoms.